The van der Waals surface area contributed by atoms with E-state index in [9.17, 15) is 25.5 Å². The zero-order chi connectivity index (χ0) is 39.2. The molecule has 6 nitrogen and oxygen atoms in total. The molecule has 5 atom stereocenters. The first-order chi connectivity index (χ1) is 23.5. The highest BCUT2D eigenvalue weighted by atomic mass is 16.3. The summed E-state index contributed by atoms with van der Waals surface area (Å²) < 4.78 is 0. The Balaban J connectivity index is 4.33. The number of hydrogen-bond donors (Lipinski definition) is 6. The number of allylic oxidation sites excluding steroid dienone is 7. The number of aliphatic hydroxyl groups excluding tert-OH is 1. The van der Waals surface area contributed by atoms with Crippen LogP contribution in [-0.2, 0) is 0 Å². The molecule has 0 spiro atoms. The summed E-state index contributed by atoms with van der Waals surface area (Å²) in [6.07, 6.45) is 25.0. The van der Waals surface area contributed by atoms with Crippen molar-refractivity contribution in [2.24, 2.45) is 0 Å². The summed E-state index contributed by atoms with van der Waals surface area (Å²) in [5.74, 6) is 0. The lowest BCUT2D eigenvalue weighted by Gasteiger charge is -2.30. The van der Waals surface area contributed by atoms with Gasteiger partial charge in [-0.25, -0.2) is 0 Å². The molecule has 0 aliphatic rings. The zero-order valence-corrected chi connectivity index (χ0v) is 35.0. The Bertz CT molecular complexity index is 1050. The lowest BCUT2D eigenvalue weighted by Crippen LogP contribution is -2.30. The van der Waals surface area contributed by atoms with Crippen LogP contribution < -0.4 is 0 Å². The highest BCUT2D eigenvalue weighted by Crippen LogP contribution is 2.31. The van der Waals surface area contributed by atoms with Crippen LogP contribution in [0.25, 0.3) is 0 Å². The molecule has 0 aromatic heterocycles. The topological polar surface area (TPSA) is 121 Å². The SMILES string of the molecule is CC(C)=CCC[C@](C)(O)CCC[C@](C)(O)CCC[C@](C)(O)CCC[C@](C)(O)CCC[C@](C)(O)CCC/C(C)=C/CC/C(C)=C/CC/C(C)=C/CO. The molecule has 0 heterocycles. The lowest BCUT2D eigenvalue weighted by molar-refractivity contribution is -0.00579. The van der Waals surface area contributed by atoms with Crippen LogP contribution in [0.5, 0.6) is 0 Å². The average molecular weight is 721 g/mol. The first kappa shape index (κ1) is 49.7. The third-order valence-corrected chi connectivity index (χ3v) is 10.7. The molecule has 6 N–H and O–H groups in total. The van der Waals surface area contributed by atoms with Gasteiger partial charge in [-0.05, 0) is 204 Å². The highest BCUT2D eigenvalue weighted by molar-refractivity contribution is 5.06. The standard InChI is InChI=1S/C45H84O6/c1-37(2)19-13-26-41(6,47)28-15-30-43(8,49)32-17-34-45(10,51)35-18-33-44(9,50)31-16-29-42(7,48)27-14-24-39(4)22-11-20-38(3)21-12-23-40(5)25-36-46/h19,21-22,25,46-51H,11-18,20,23-24,26-36H2,1-10H3/b38-21+,39-22+,40-25+/t41-,42+,43-,44+,45-/m0/s1. The Morgan fingerprint density at radius 1 is 0.373 bits per heavy atom. The van der Waals surface area contributed by atoms with E-state index in [0.29, 0.717) is 51.4 Å². The monoisotopic (exact) mass is 721 g/mol. The Morgan fingerprint density at radius 3 is 1.00 bits per heavy atom. The van der Waals surface area contributed by atoms with Gasteiger partial charge < -0.3 is 30.6 Å². The Kier molecular flexibility index (Phi) is 24.3. The van der Waals surface area contributed by atoms with Gasteiger partial charge in [0, 0.05) is 0 Å². The van der Waals surface area contributed by atoms with Gasteiger partial charge in [-0.3, -0.25) is 0 Å². The largest absolute Gasteiger partial charge is 0.392 e. The third-order valence-electron chi connectivity index (χ3n) is 10.7. The second-order valence-electron chi connectivity index (χ2n) is 18.0. The van der Waals surface area contributed by atoms with E-state index in [0.717, 1.165) is 83.5 Å². The normalized spacial score (nSPS) is 19.1. The zero-order valence-electron chi connectivity index (χ0n) is 35.0. The van der Waals surface area contributed by atoms with Gasteiger partial charge in [0.2, 0.25) is 0 Å². The van der Waals surface area contributed by atoms with Crippen LogP contribution in [0.1, 0.15) is 204 Å². The quantitative estimate of drug-likeness (QED) is 0.0411. The molecule has 0 rings (SSSR count). The fourth-order valence-corrected chi connectivity index (χ4v) is 7.00. The minimum Gasteiger partial charge on any atom is -0.392 e. The molecular weight excluding hydrogens is 636 g/mol. The molecule has 0 aromatic carbocycles. The van der Waals surface area contributed by atoms with Gasteiger partial charge in [0.25, 0.3) is 0 Å². The van der Waals surface area contributed by atoms with E-state index in [1.807, 2.05) is 40.7 Å². The smallest absolute Gasteiger partial charge is 0.0622 e. The minimum absolute atomic E-state index is 0.115. The molecule has 0 aromatic rings. The second-order valence-corrected chi connectivity index (χ2v) is 18.0. The van der Waals surface area contributed by atoms with Gasteiger partial charge in [-0.15, -0.1) is 0 Å². The van der Waals surface area contributed by atoms with Crippen LogP contribution in [0.3, 0.4) is 0 Å². The predicted octanol–water partition coefficient (Wildman–Crippen LogP) is 10.7. The number of hydrogen-bond acceptors (Lipinski definition) is 6. The van der Waals surface area contributed by atoms with Crippen molar-refractivity contribution in [2.75, 3.05) is 6.61 Å². The molecule has 0 radical (unpaired) electrons. The van der Waals surface area contributed by atoms with Crippen molar-refractivity contribution in [3.05, 3.63) is 46.6 Å². The minimum atomic E-state index is -0.843. The van der Waals surface area contributed by atoms with Crippen LogP contribution in [0.2, 0.25) is 0 Å². The average Bonchev–Trinajstić information content (AvgIpc) is 2.96. The van der Waals surface area contributed by atoms with Gasteiger partial charge in [-0.1, -0.05) is 46.6 Å². The van der Waals surface area contributed by atoms with Gasteiger partial charge in [0.15, 0.2) is 0 Å². The molecule has 0 fully saturated rings. The van der Waals surface area contributed by atoms with Crippen molar-refractivity contribution < 1.29 is 30.6 Å². The summed E-state index contributed by atoms with van der Waals surface area (Å²) in [4.78, 5) is 0. The maximum atomic E-state index is 11.0. The second kappa shape index (κ2) is 24.9. The van der Waals surface area contributed by atoms with Gasteiger partial charge in [-0.2, -0.15) is 0 Å². The van der Waals surface area contributed by atoms with Gasteiger partial charge >= 0.3 is 0 Å². The van der Waals surface area contributed by atoms with E-state index in [1.165, 1.54) is 22.3 Å². The molecule has 0 unspecified atom stereocenters. The van der Waals surface area contributed by atoms with Crippen LogP contribution >= 0.6 is 0 Å². The van der Waals surface area contributed by atoms with E-state index in [1.54, 1.807) is 0 Å². The molecular formula is C45H84O6. The molecule has 6 heteroatoms. The Morgan fingerprint density at radius 2 is 0.667 bits per heavy atom. The van der Waals surface area contributed by atoms with Crippen molar-refractivity contribution in [3.63, 3.8) is 0 Å². The van der Waals surface area contributed by atoms with Crippen LogP contribution in [0.15, 0.2) is 46.6 Å². The van der Waals surface area contributed by atoms with Gasteiger partial charge in [0.05, 0.1) is 34.6 Å². The fraction of sp³-hybridized carbons (Fsp3) is 0.822. The van der Waals surface area contributed by atoms with Crippen molar-refractivity contribution >= 4 is 0 Å². The molecule has 51 heavy (non-hydrogen) atoms. The Labute approximate surface area is 315 Å². The molecule has 0 saturated carbocycles. The highest BCUT2D eigenvalue weighted by Gasteiger charge is 2.28. The molecule has 300 valence electrons. The molecule has 0 amide bonds. The van der Waals surface area contributed by atoms with Crippen molar-refractivity contribution in [1.29, 1.82) is 0 Å². The number of rotatable bonds is 30. The summed E-state index contributed by atoms with van der Waals surface area (Å²) in [6.45, 7) is 20.1. The Hall–Kier alpha value is -1.28. The molecule has 0 aliphatic carbocycles. The summed E-state index contributed by atoms with van der Waals surface area (Å²) in [5, 5.41) is 63.6. The summed E-state index contributed by atoms with van der Waals surface area (Å²) in [6, 6.07) is 0. The van der Waals surface area contributed by atoms with Crippen molar-refractivity contribution in [1.82, 2.24) is 0 Å². The van der Waals surface area contributed by atoms with Crippen molar-refractivity contribution in [3.8, 4) is 0 Å². The summed E-state index contributed by atoms with van der Waals surface area (Å²) in [7, 11) is 0. The first-order valence-electron chi connectivity index (χ1n) is 20.3. The van der Waals surface area contributed by atoms with E-state index in [4.69, 9.17) is 5.11 Å². The van der Waals surface area contributed by atoms with E-state index in [2.05, 4.69) is 52.8 Å². The lowest BCUT2D eigenvalue weighted by atomic mass is 9.84. The van der Waals surface area contributed by atoms with E-state index in [-0.39, 0.29) is 6.61 Å². The molecule has 0 saturated heterocycles. The first-order valence-corrected chi connectivity index (χ1v) is 20.3. The predicted molar refractivity (Wildman–Crippen MR) is 218 cm³/mol. The summed E-state index contributed by atoms with van der Waals surface area (Å²) in [5.41, 5.74) is 1.32. The molecule has 0 bridgehead atoms. The summed E-state index contributed by atoms with van der Waals surface area (Å²) >= 11 is 0. The fourth-order valence-electron chi connectivity index (χ4n) is 7.00. The molecule has 0 aliphatic heterocycles. The maximum absolute atomic E-state index is 11.0. The number of aliphatic hydroxyl groups is 6. The van der Waals surface area contributed by atoms with Gasteiger partial charge in [0.1, 0.15) is 0 Å². The van der Waals surface area contributed by atoms with Crippen molar-refractivity contribution in [2.45, 2.75) is 232 Å². The van der Waals surface area contributed by atoms with Crippen LogP contribution in [0, 0.1) is 0 Å². The van der Waals surface area contributed by atoms with E-state index < -0.39 is 28.0 Å². The third kappa shape index (κ3) is 29.8. The van der Waals surface area contributed by atoms with Crippen LogP contribution in [0.4, 0.5) is 0 Å². The maximum Gasteiger partial charge on any atom is 0.0622 e. The van der Waals surface area contributed by atoms with E-state index >= 15 is 0 Å². The van der Waals surface area contributed by atoms with Crippen LogP contribution in [-0.4, -0.2) is 65.3 Å².